The Morgan fingerprint density at radius 3 is 2.64 bits per heavy atom. The summed E-state index contributed by atoms with van der Waals surface area (Å²) in [6, 6.07) is 1.57. The number of aryl methyl sites for hydroxylation is 1. The van der Waals surface area contributed by atoms with Crippen LogP contribution >= 0.6 is 0 Å². The molecule has 1 aromatic heterocycles. The summed E-state index contributed by atoms with van der Waals surface area (Å²) >= 11 is 0. The maximum Gasteiger partial charge on any atom is 0.574 e. The molecular formula is C8H9F3N2O. The minimum absolute atomic E-state index is 0.0366. The molecule has 0 saturated heterocycles. The number of rotatable bonds is 2. The van der Waals surface area contributed by atoms with Gasteiger partial charge >= 0.3 is 6.36 Å². The zero-order valence-corrected chi connectivity index (χ0v) is 7.43. The van der Waals surface area contributed by atoms with Crippen molar-refractivity contribution in [2.24, 2.45) is 5.73 Å². The number of pyridine rings is 1. The molecular weight excluding hydrogens is 197 g/mol. The Morgan fingerprint density at radius 1 is 1.50 bits per heavy atom. The Bertz CT molecular complexity index is 325. The van der Waals surface area contributed by atoms with Crippen molar-refractivity contribution < 1.29 is 17.9 Å². The van der Waals surface area contributed by atoms with E-state index in [0.29, 0.717) is 5.56 Å². The first-order valence-corrected chi connectivity index (χ1v) is 3.84. The molecule has 0 bridgehead atoms. The molecule has 3 nitrogen and oxygen atoms in total. The van der Waals surface area contributed by atoms with Crippen LogP contribution in [-0.2, 0) is 6.54 Å². The standard InChI is InChI=1S/C8H9F3N2O/c1-5-2-3-13-7(6(5)4-12)14-8(9,10)11/h2-3H,4,12H2,1H3. The van der Waals surface area contributed by atoms with Crippen LogP contribution in [0.3, 0.4) is 0 Å². The van der Waals surface area contributed by atoms with E-state index in [0.717, 1.165) is 0 Å². The maximum absolute atomic E-state index is 11.9. The van der Waals surface area contributed by atoms with Crippen molar-refractivity contribution in [1.82, 2.24) is 4.98 Å². The van der Waals surface area contributed by atoms with E-state index in [-0.39, 0.29) is 12.1 Å². The normalized spacial score (nSPS) is 11.5. The number of aromatic nitrogens is 1. The highest BCUT2D eigenvalue weighted by molar-refractivity contribution is 5.33. The number of ether oxygens (including phenoxy) is 1. The summed E-state index contributed by atoms with van der Waals surface area (Å²) in [7, 11) is 0. The molecule has 2 N–H and O–H groups in total. The zero-order valence-electron chi connectivity index (χ0n) is 7.43. The van der Waals surface area contributed by atoms with Gasteiger partial charge in [-0.2, -0.15) is 0 Å². The lowest BCUT2D eigenvalue weighted by molar-refractivity contribution is -0.276. The third-order valence-corrected chi connectivity index (χ3v) is 1.67. The lowest BCUT2D eigenvalue weighted by Crippen LogP contribution is -2.20. The summed E-state index contributed by atoms with van der Waals surface area (Å²) < 4.78 is 39.4. The molecule has 0 aliphatic rings. The van der Waals surface area contributed by atoms with Crippen molar-refractivity contribution in [1.29, 1.82) is 0 Å². The minimum Gasteiger partial charge on any atom is -0.388 e. The number of hydrogen-bond acceptors (Lipinski definition) is 3. The van der Waals surface area contributed by atoms with Gasteiger partial charge < -0.3 is 10.5 Å². The first-order valence-electron chi connectivity index (χ1n) is 3.84. The van der Waals surface area contributed by atoms with E-state index in [9.17, 15) is 13.2 Å². The number of hydrogen-bond donors (Lipinski definition) is 1. The lowest BCUT2D eigenvalue weighted by atomic mass is 10.1. The summed E-state index contributed by atoms with van der Waals surface area (Å²) in [5, 5.41) is 0. The topological polar surface area (TPSA) is 48.1 Å². The molecule has 0 aliphatic heterocycles. The second-order valence-corrected chi connectivity index (χ2v) is 2.66. The molecule has 0 atom stereocenters. The molecule has 0 unspecified atom stereocenters. The molecule has 0 aliphatic carbocycles. The van der Waals surface area contributed by atoms with Crippen LogP contribution in [0.5, 0.6) is 5.88 Å². The predicted molar refractivity (Wildman–Crippen MR) is 43.5 cm³/mol. The summed E-state index contributed by atoms with van der Waals surface area (Å²) in [5.41, 5.74) is 6.18. The molecule has 1 rings (SSSR count). The average Bonchev–Trinajstić information content (AvgIpc) is 2.01. The SMILES string of the molecule is Cc1ccnc(OC(F)(F)F)c1CN. The van der Waals surface area contributed by atoms with Crippen molar-refractivity contribution in [3.63, 3.8) is 0 Å². The van der Waals surface area contributed by atoms with E-state index in [1.54, 1.807) is 13.0 Å². The van der Waals surface area contributed by atoms with Crippen LogP contribution < -0.4 is 10.5 Å². The van der Waals surface area contributed by atoms with Gasteiger partial charge in [-0.15, -0.1) is 13.2 Å². The van der Waals surface area contributed by atoms with Crippen LogP contribution in [0.1, 0.15) is 11.1 Å². The summed E-state index contributed by atoms with van der Waals surface area (Å²) in [4.78, 5) is 3.47. The molecule has 1 aromatic rings. The Balaban J connectivity index is 3.02. The Labute approximate surface area is 78.7 Å². The fourth-order valence-corrected chi connectivity index (χ4v) is 1.01. The van der Waals surface area contributed by atoms with Gasteiger partial charge in [0.05, 0.1) is 0 Å². The highest BCUT2D eigenvalue weighted by Crippen LogP contribution is 2.25. The van der Waals surface area contributed by atoms with E-state index in [1.807, 2.05) is 0 Å². The smallest absolute Gasteiger partial charge is 0.388 e. The number of halogens is 3. The molecule has 0 saturated carbocycles. The van der Waals surface area contributed by atoms with Crippen molar-refractivity contribution in [2.45, 2.75) is 19.8 Å². The number of alkyl halides is 3. The van der Waals surface area contributed by atoms with Gasteiger partial charge in [0, 0.05) is 18.3 Å². The van der Waals surface area contributed by atoms with Gasteiger partial charge in [0.15, 0.2) is 0 Å². The average molecular weight is 206 g/mol. The third-order valence-electron chi connectivity index (χ3n) is 1.67. The van der Waals surface area contributed by atoms with Crippen LogP contribution in [0, 0.1) is 6.92 Å². The number of nitrogens with two attached hydrogens (primary N) is 1. The van der Waals surface area contributed by atoms with E-state index in [2.05, 4.69) is 9.72 Å². The van der Waals surface area contributed by atoms with Crippen molar-refractivity contribution in [2.75, 3.05) is 0 Å². The Hall–Kier alpha value is -1.30. The minimum atomic E-state index is -4.73. The summed E-state index contributed by atoms with van der Waals surface area (Å²) in [6.07, 6.45) is -3.49. The van der Waals surface area contributed by atoms with Crippen LogP contribution in [0.25, 0.3) is 0 Å². The van der Waals surface area contributed by atoms with Crippen LogP contribution in [-0.4, -0.2) is 11.3 Å². The summed E-state index contributed by atoms with van der Waals surface area (Å²) in [6.45, 7) is 1.61. The Morgan fingerprint density at radius 2 is 2.14 bits per heavy atom. The molecule has 6 heteroatoms. The lowest BCUT2D eigenvalue weighted by Gasteiger charge is -2.12. The largest absolute Gasteiger partial charge is 0.574 e. The van der Waals surface area contributed by atoms with Crippen LogP contribution in [0.4, 0.5) is 13.2 Å². The monoisotopic (exact) mass is 206 g/mol. The van der Waals surface area contributed by atoms with Gasteiger partial charge in [-0.3, -0.25) is 0 Å². The van der Waals surface area contributed by atoms with Gasteiger partial charge in [-0.05, 0) is 18.6 Å². The van der Waals surface area contributed by atoms with Gasteiger partial charge in [0.25, 0.3) is 0 Å². The molecule has 14 heavy (non-hydrogen) atoms. The zero-order chi connectivity index (χ0) is 10.8. The van der Waals surface area contributed by atoms with Gasteiger partial charge in [0.1, 0.15) is 0 Å². The van der Waals surface area contributed by atoms with Crippen LogP contribution in [0.15, 0.2) is 12.3 Å². The third kappa shape index (κ3) is 2.59. The van der Waals surface area contributed by atoms with Crippen molar-refractivity contribution in [3.8, 4) is 5.88 Å². The molecule has 0 fully saturated rings. The summed E-state index contributed by atoms with van der Waals surface area (Å²) in [5.74, 6) is -0.472. The fourth-order valence-electron chi connectivity index (χ4n) is 1.01. The van der Waals surface area contributed by atoms with Crippen molar-refractivity contribution in [3.05, 3.63) is 23.4 Å². The number of nitrogens with zero attached hydrogens (tertiary/aromatic N) is 1. The highest BCUT2D eigenvalue weighted by atomic mass is 19.4. The second kappa shape index (κ2) is 3.83. The molecule has 0 aromatic carbocycles. The highest BCUT2D eigenvalue weighted by Gasteiger charge is 2.32. The molecule has 1 heterocycles. The van der Waals surface area contributed by atoms with Crippen LogP contribution in [0.2, 0.25) is 0 Å². The maximum atomic E-state index is 11.9. The predicted octanol–water partition coefficient (Wildman–Crippen LogP) is 1.75. The van der Waals surface area contributed by atoms with E-state index in [1.165, 1.54) is 6.20 Å². The van der Waals surface area contributed by atoms with E-state index >= 15 is 0 Å². The quantitative estimate of drug-likeness (QED) is 0.801. The molecule has 78 valence electrons. The first kappa shape index (κ1) is 10.8. The second-order valence-electron chi connectivity index (χ2n) is 2.66. The molecule has 0 spiro atoms. The van der Waals surface area contributed by atoms with Crippen molar-refractivity contribution >= 4 is 0 Å². The van der Waals surface area contributed by atoms with E-state index in [4.69, 9.17) is 5.73 Å². The first-order chi connectivity index (χ1) is 6.44. The van der Waals surface area contributed by atoms with Gasteiger partial charge in [-0.1, -0.05) is 0 Å². The fraction of sp³-hybridized carbons (Fsp3) is 0.375. The Kier molecular flexibility index (Phi) is 2.95. The molecule has 0 radical (unpaired) electrons. The van der Waals surface area contributed by atoms with Gasteiger partial charge in [0.2, 0.25) is 5.88 Å². The van der Waals surface area contributed by atoms with E-state index < -0.39 is 12.2 Å². The molecule has 0 amide bonds. The van der Waals surface area contributed by atoms with Gasteiger partial charge in [-0.25, -0.2) is 4.98 Å².